The zero-order valence-corrected chi connectivity index (χ0v) is 18.7. The third kappa shape index (κ3) is 4.60. The van der Waals surface area contributed by atoms with E-state index >= 15 is 0 Å². The first-order valence-corrected chi connectivity index (χ1v) is 11.2. The first-order valence-electron chi connectivity index (χ1n) is 11.2. The summed E-state index contributed by atoms with van der Waals surface area (Å²) in [5.74, 6) is 1.73. The Labute approximate surface area is 184 Å². The van der Waals surface area contributed by atoms with Gasteiger partial charge in [0.25, 0.3) is 0 Å². The molecule has 31 heavy (non-hydrogen) atoms. The minimum absolute atomic E-state index is 0.0917. The molecule has 1 spiro atoms. The molecule has 1 fully saturated rings. The summed E-state index contributed by atoms with van der Waals surface area (Å²) in [5, 5.41) is 0. The van der Waals surface area contributed by atoms with E-state index in [0.717, 1.165) is 23.3 Å². The number of benzene rings is 2. The van der Waals surface area contributed by atoms with E-state index in [1.165, 1.54) is 5.56 Å². The minimum atomic E-state index is -0.486. The molecule has 2 heterocycles. The number of hydrogen-bond acceptors (Lipinski definition) is 4. The van der Waals surface area contributed by atoms with Gasteiger partial charge in [0.1, 0.15) is 17.1 Å². The maximum atomic E-state index is 12.8. The number of Topliss-reactive ketones (excluding diaryl/α,β-unsaturated/α-hetero) is 1. The number of fused-ring (bicyclic) bond motifs is 1. The molecule has 2 aromatic carbocycles. The average Bonchev–Trinajstić information content (AvgIpc) is 2.76. The van der Waals surface area contributed by atoms with Crippen LogP contribution in [0, 0.1) is 13.8 Å². The molecule has 2 aliphatic heterocycles. The Bertz CT molecular complexity index is 972. The predicted molar refractivity (Wildman–Crippen MR) is 120 cm³/mol. The van der Waals surface area contributed by atoms with E-state index < -0.39 is 5.60 Å². The fourth-order valence-electron chi connectivity index (χ4n) is 4.43. The standard InChI is InChI=1S/C26H31NO4/c1-4-20-5-7-21(8-6-20)30-14-9-25(29)27-12-10-26(11-13-27)17-23(28)22-15-18(2)19(3)16-24(22)31-26/h5-8,15-16H,4,9-14,17H2,1-3H3. The maximum absolute atomic E-state index is 12.8. The summed E-state index contributed by atoms with van der Waals surface area (Å²) in [6.07, 6.45) is 3.09. The Kier molecular flexibility index (Phi) is 6.03. The third-order valence-electron chi connectivity index (χ3n) is 6.65. The van der Waals surface area contributed by atoms with Gasteiger partial charge in [-0.15, -0.1) is 0 Å². The number of ether oxygens (including phenoxy) is 2. The number of rotatable bonds is 5. The molecule has 0 N–H and O–H groups in total. The van der Waals surface area contributed by atoms with Crippen molar-refractivity contribution in [1.29, 1.82) is 0 Å². The van der Waals surface area contributed by atoms with Gasteiger partial charge < -0.3 is 14.4 Å². The molecule has 0 aliphatic carbocycles. The highest BCUT2D eigenvalue weighted by Crippen LogP contribution is 2.40. The van der Waals surface area contributed by atoms with Crippen LogP contribution < -0.4 is 9.47 Å². The van der Waals surface area contributed by atoms with Crippen molar-refractivity contribution in [3.05, 3.63) is 58.7 Å². The lowest BCUT2D eigenvalue weighted by atomic mass is 9.82. The lowest BCUT2D eigenvalue weighted by Gasteiger charge is -2.44. The lowest BCUT2D eigenvalue weighted by molar-refractivity contribution is -0.135. The van der Waals surface area contributed by atoms with Gasteiger partial charge >= 0.3 is 0 Å². The van der Waals surface area contributed by atoms with E-state index in [1.54, 1.807) is 0 Å². The van der Waals surface area contributed by atoms with Gasteiger partial charge in [-0.2, -0.15) is 0 Å². The fraction of sp³-hybridized carbons (Fsp3) is 0.462. The molecule has 2 aromatic rings. The molecule has 0 saturated carbocycles. The van der Waals surface area contributed by atoms with Gasteiger partial charge in [-0.05, 0) is 61.2 Å². The number of ketones is 1. The third-order valence-corrected chi connectivity index (χ3v) is 6.65. The Morgan fingerprint density at radius 2 is 1.77 bits per heavy atom. The SMILES string of the molecule is CCc1ccc(OCCC(=O)N2CCC3(CC2)CC(=O)c2cc(C)c(C)cc2O3)cc1. The van der Waals surface area contributed by atoms with Crippen LogP contribution >= 0.6 is 0 Å². The number of hydrogen-bond donors (Lipinski definition) is 0. The van der Waals surface area contributed by atoms with Crippen LogP contribution in [0.2, 0.25) is 0 Å². The topological polar surface area (TPSA) is 55.8 Å². The van der Waals surface area contributed by atoms with Gasteiger partial charge in [-0.1, -0.05) is 19.1 Å². The van der Waals surface area contributed by atoms with E-state index in [2.05, 4.69) is 6.92 Å². The highest BCUT2D eigenvalue weighted by molar-refractivity contribution is 6.00. The van der Waals surface area contributed by atoms with Crippen LogP contribution in [-0.2, 0) is 11.2 Å². The molecule has 5 heteroatoms. The van der Waals surface area contributed by atoms with Crippen LogP contribution in [0.4, 0.5) is 0 Å². The van der Waals surface area contributed by atoms with Crippen molar-refractivity contribution in [1.82, 2.24) is 4.90 Å². The normalized spacial score (nSPS) is 17.3. The first-order chi connectivity index (χ1) is 14.9. The van der Waals surface area contributed by atoms with Crippen molar-refractivity contribution in [3.63, 3.8) is 0 Å². The summed E-state index contributed by atoms with van der Waals surface area (Å²) in [6, 6.07) is 11.9. The lowest BCUT2D eigenvalue weighted by Crippen LogP contribution is -2.52. The molecule has 4 rings (SSSR count). The molecule has 0 aromatic heterocycles. The predicted octanol–water partition coefficient (Wildman–Crippen LogP) is 4.66. The number of amides is 1. The summed E-state index contributed by atoms with van der Waals surface area (Å²) in [7, 11) is 0. The van der Waals surface area contributed by atoms with Crippen molar-refractivity contribution in [2.45, 2.75) is 58.5 Å². The van der Waals surface area contributed by atoms with Gasteiger partial charge in [0.2, 0.25) is 5.91 Å². The average molecular weight is 422 g/mol. The summed E-state index contributed by atoms with van der Waals surface area (Å²) in [4.78, 5) is 27.3. The smallest absolute Gasteiger partial charge is 0.226 e. The Balaban J connectivity index is 1.30. The number of piperidine rings is 1. The molecule has 0 radical (unpaired) electrons. The molecule has 164 valence electrons. The highest BCUT2D eigenvalue weighted by atomic mass is 16.5. The number of aryl methyl sites for hydroxylation is 3. The van der Waals surface area contributed by atoms with Crippen molar-refractivity contribution in [3.8, 4) is 11.5 Å². The molecule has 1 amide bonds. The van der Waals surface area contributed by atoms with Crippen LogP contribution in [-0.4, -0.2) is 41.9 Å². The number of likely N-dealkylation sites (tertiary alicyclic amines) is 1. The van der Waals surface area contributed by atoms with Crippen molar-refractivity contribution >= 4 is 11.7 Å². The summed E-state index contributed by atoms with van der Waals surface area (Å²) in [5.41, 5.74) is 3.70. The zero-order chi connectivity index (χ0) is 22.0. The van der Waals surface area contributed by atoms with Crippen LogP contribution in [0.25, 0.3) is 0 Å². The molecular formula is C26H31NO4. The van der Waals surface area contributed by atoms with Crippen LogP contribution in [0.15, 0.2) is 36.4 Å². The van der Waals surface area contributed by atoms with E-state index in [-0.39, 0.29) is 11.7 Å². The Hall–Kier alpha value is -2.82. The zero-order valence-electron chi connectivity index (χ0n) is 18.7. The minimum Gasteiger partial charge on any atom is -0.493 e. The second-order valence-electron chi connectivity index (χ2n) is 8.79. The van der Waals surface area contributed by atoms with Gasteiger partial charge in [0, 0.05) is 25.9 Å². The Morgan fingerprint density at radius 1 is 1.10 bits per heavy atom. The van der Waals surface area contributed by atoms with Gasteiger partial charge in [-0.25, -0.2) is 0 Å². The summed E-state index contributed by atoms with van der Waals surface area (Å²) in [6.45, 7) is 7.75. The Morgan fingerprint density at radius 3 is 2.45 bits per heavy atom. The molecule has 5 nitrogen and oxygen atoms in total. The first kappa shape index (κ1) is 21.4. The molecule has 0 unspecified atom stereocenters. The summed E-state index contributed by atoms with van der Waals surface area (Å²) < 4.78 is 12.1. The maximum Gasteiger partial charge on any atom is 0.226 e. The molecule has 1 saturated heterocycles. The van der Waals surface area contributed by atoms with E-state index in [1.807, 2.05) is 55.1 Å². The van der Waals surface area contributed by atoms with Gasteiger partial charge in [-0.3, -0.25) is 9.59 Å². The van der Waals surface area contributed by atoms with Gasteiger partial charge in [0.05, 0.1) is 25.0 Å². The molecule has 2 aliphatic rings. The van der Waals surface area contributed by atoms with Crippen LogP contribution in [0.1, 0.15) is 59.7 Å². The highest BCUT2D eigenvalue weighted by Gasteiger charge is 2.43. The fourth-order valence-corrected chi connectivity index (χ4v) is 4.43. The number of carbonyl (C=O) groups excluding carboxylic acids is 2. The summed E-state index contributed by atoms with van der Waals surface area (Å²) >= 11 is 0. The van der Waals surface area contributed by atoms with Crippen LogP contribution in [0.3, 0.4) is 0 Å². The largest absolute Gasteiger partial charge is 0.493 e. The monoisotopic (exact) mass is 421 g/mol. The molecule has 0 bridgehead atoms. The van der Waals surface area contributed by atoms with E-state index in [0.29, 0.717) is 56.7 Å². The van der Waals surface area contributed by atoms with E-state index in [4.69, 9.17) is 9.47 Å². The quantitative estimate of drug-likeness (QED) is 0.705. The van der Waals surface area contributed by atoms with Crippen molar-refractivity contribution < 1.29 is 19.1 Å². The molecular weight excluding hydrogens is 390 g/mol. The number of nitrogens with zero attached hydrogens (tertiary/aromatic N) is 1. The second kappa shape index (κ2) is 8.74. The van der Waals surface area contributed by atoms with Crippen molar-refractivity contribution in [2.75, 3.05) is 19.7 Å². The number of carbonyl (C=O) groups is 2. The van der Waals surface area contributed by atoms with Gasteiger partial charge in [0.15, 0.2) is 5.78 Å². The second-order valence-corrected chi connectivity index (χ2v) is 8.79. The van der Waals surface area contributed by atoms with E-state index in [9.17, 15) is 9.59 Å². The van der Waals surface area contributed by atoms with Crippen LogP contribution in [0.5, 0.6) is 11.5 Å². The molecule has 0 atom stereocenters. The van der Waals surface area contributed by atoms with Crippen molar-refractivity contribution in [2.24, 2.45) is 0 Å².